The number of unbranched alkanes of at least 4 members (excludes halogenated alkanes) is 49. The van der Waals surface area contributed by atoms with Gasteiger partial charge in [-0.2, -0.15) is 0 Å². The molecule has 0 radical (unpaired) electrons. The summed E-state index contributed by atoms with van der Waals surface area (Å²) < 4.78 is 0. The Balaban J connectivity index is 3.56. The van der Waals surface area contributed by atoms with Gasteiger partial charge in [0.15, 0.2) is 0 Å². The van der Waals surface area contributed by atoms with Crippen LogP contribution in [-0.4, -0.2) is 57.3 Å². The average molecular weight is 991 g/mol. The lowest BCUT2D eigenvalue weighted by atomic mass is 9.99. The normalized spacial score (nSPS) is 13.6. The average Bonchev–Trinajstić information content (AvgIpc) is 3.36. The number of aliphatic hydroxyl groups is 4. The fourth-order valence-electron chi connectivity index (χ4n) is 10.5. The third-order valence-corrected chi connectivity index (χ3v) is 15.5. The van der Waals surface area contributed by atoms with Crippen molar-refractivity contribution in [2.24, 2.45) is 0 Å². The van der Waals surface area contributed by atoms with E-state index in [1.54, 1.807) is 0 Å². The lowest BCUT2D eigenvalue weighted by Gasteiger charge is -2.27. The Morgan fingerprint density at radius 1 is 0.343 bits per heavy atom. The molecule has 5 N–H and O–H groups in total. The van der Waals surface area contributed by atoms with Crippen molar-refractivity contribution in [3.8, 4) is 0 Å². The molecule has 0 aliphatic carbocycles. The number of nitrogens with one attached hydrogen (secondary N) is 1. The molecule has 0 bridgehead atoms. The Labute approximate surface area is 438 Å². The van der Waals surface area contributed by atoms with Gasteiger partial charge in [0.05, 0.1) is 18.8 Å². The third-order valence-electron chi connectivity index (χ3n) is 15.5. The van der Waals surface area contributed by atoms with E-state index < -0.39 is 36.9 Å². The summed E-state index contributed by atoms with van der Waals surface area (Å²) in [7, 11) is 0. The molecular formula is C64H127NO5. The first-order valence-corrected chi connectivity index (χ1v) is 32.1. The summed E-state index contributed by atoms with van der Waals surface area (Å²) in [4.78, 5) is 12.6. The molecule has 70 heavy (non-hydrogen) atoms. The van der Waals surface area contributed by atoms with Gasteiger partial charge in [0.25, 0.3) is 0 Å². The van der Waals surface area contributed by atoms with E-state index in [4.69, 9.17) is 0 Å². The maximum atomic E-state index is 12.6. The molecular weight excluding hydrogens is 863 g/mol. The molecule has 0 aliphatic rings. The number of hydrogen-bond acceptors (Lipinski definition) is 5. The molecule has 0 aliphatic heterocycles. The van der Waals surface area contributed by atoms with Crippen LogP contribution < -0.4 is 5.32 Å². The molecule has 1 amide bonds. The number of amides is 1. The molecule has 0 aromatic carbocycles. The lowest BCUT2D eigenvalue weighted by molar-refractivity contribution is -0.132. The first-order valence-electron chi connectivity index (χ1n) is 32.1. The van der Waals surface area contributed by atoms with Gasteiger partial charge in [0, 0.05) is 0 Å². The van der Waals surface area contributed by atoms with Gasteiger partial charge in [0.1, 0.15) is 12.2 Å². The van der Waals surface area contributed by atoms with Crippen LogP contribution in [-0.2, 0) is 4.79 Å². The van der Waals surface area contributed by atoms with Crippen LogP contribution in [0.25, 0.3) is 0 Å². The van der Waals surface area contributed by atoms with Crippen molar-refractivity contribution < 1.29 is 25.2 Å². The van der Waals surface area contributed by atoms with Crippen molar-refractivity contribution in [1.82, 2.24) is 5.32 Å². The molecule has 4 unspecified atom stereocenters. The smallest absolute Gasteiger partial charge is 0.249 e. The van der Waals surface area contributed by atoms with Crippen LogP contribution in [0.3, 0.4) is 0 Å². The monoisotopic (exact) mass is 990 g/mol. The molecule has 0 aromatic heterocycles. The molecule has 0 aromatic rings. The first kappa shape index (κ1) is 69.0. The second-order valence-corrected chi connectivity index (χ2v) is 22.5. The highest BCUT2D eigenvalue weighted by molar-refractivity contribution is 5.80. The molecule has 0 fully saturated rings. The van der Waals surface area contributed by atoms with Gasteiger partial charge in [-0.15, -0.1) is 0 Å². The zero-order chi connectivity index (χ0) is 50.9. The van der Waals surface area contributed by atoms with Crippen LogP contribution in [0.2, 0.25) is 0 Å². The molecule has 0 heterocycles. The van der Waals surface area contributed by atoms with E-state index in [0.717, 1.165) is 38.5 Å². The maximum absolute atomic E-state index is 12.6. The zero-order valence-electron chi connectivity index (χ0n) is 47.6. The van der Waals surface area contributed by atoms with Gasteiger partial charge >= 0.3 is 0 Å². The minimum absolute atomic E-state index is 0.370. The van der Waals surface area contributed by atoms with Gasteiger partial charge in [0.2, 0.25) is 5.91 Å². The Morgan fingerprint density at radius 2 is 0.571 bits per heavy atom. The molecule has 6 nitrogen and oxygen atoms in total. The van der Waals surface area contributed by atoms with E-state index >= 15 is 0 Å². The second-order valence-electron chi connectivity index (χ2n) is 22.5. The van der Waals surface area contributed by atoms with Gasteiger partial charge in [-0.3, -0.25) is 4.79 Å². The van der Waals surface area contributed by atoms with E-state index in [2.05, 4.69) is 31.3 Å². The predicted octanol–water partition coefficient (Wildman–Crippen LogP) is 19.2. The van der Waals surface area contributed by atoms with Crippen LogP contribution in [0.1, 0.15) is 361 Å². The van der Waals surface area contributed by atoms with Crippen LogP contribution >= 0.6 is 0 Å². The number of hydrogen-bond donors (Lipinski definition) is 5. The van der Waals surface area contributed by atoms with E-state index in [-0.39, 0.29) is 0 Å². The highest BCUT2D eigenvalue weighted by Gasteiger charge is 2.28. The zero-order valence-corrected chi connectivity index (χ0v) is 47.6. The molecule has 0 spiro atoms. The predicted molar refractivity (Wildman–Crippen MR) is 307 cm³/mol. The van der Waals surface area contributed by atoms with E-state index in [0.29, 0.717) is 12.8 Å². The minimum atomic E-state index is -1.26. The highest BCUT2D eigenvalue weighted by atomic mass is 16.3. The van der Waals surface area contributed by atoms with Gasteiger partial charge in [-0.05, 0) is 38.5 Å². The number of aliphatic hydroxyl groups excluding tert-OH is 4. The van der Waals surface area contributed by atoms with Crippen molar-refractivity contribution in [2.45, 2.75) is 385 Å². The Kier molecular flexibility index (Phi) is 58.1. The largest absolute Gasteiger partial charge is 0.394 e. The third kappa shape index (κ3) is 51.9. The summed E-state index contributed by atoms with van der Waals surface area (Å²) in [6.07, 6.45) is 71.7. The van der Waals surface area contributed by atoms with Gasteiger partial charge in [-0.1, -0.05) is 334 Å². The quantitative estimate of drug-likeness (QED) is 0.0308. The SMILES string of the molecule is CCCCCCCCCCCCCC/C=C\CCCCCCCCCCCC(O)C(=O)NC(CO)C(O)C(O)CCCCCCCCCCCCCCCCCCCCCCCCCCCCCCC. The fourth-order valence-corrected chi connectivity index (χ4v) is 10.5. The number of allylic oxidation sites excluding steroid dienone is 2. The first-order chi connectivity index (χ1) is 34.5. The Bertz CT molecular complexity index is 1020. The summed E-state index contributed by atoms with van der Waals surface area (Å²) in [5, 5.41) is 44.2. The summed E-state index contributed by atoms with van der Waals surface area (Å²) in [6, 6.07) is -0.985. The molecule has 6 heteroatoms. The Hall–Kier alpha value is -0.950. The standard InChI is InChI=1S/C64H127NO5/c1-3-5-7-9-11-13-15-17-19-21-23-25-27-29-30-31-32-34-35-37-39-41-43-45-47-49-51-53-55-57-61(67)63(69)60(59-66)65-64(70)62(68)58-56-54-52-50-48-46-44-42-40-38-36-33-28-26-24-22-20-18-16-14-12-10-8-6-4-2/h33,36,60-63,66-69H,3-32,34-35,37-59H2,1-2H3,(H,65,70)/b36-33-. The van der Waals surface area contributed by atoms with Crippen LogP contribution in [0, 0.1) is 0 Å². The summed E-state index contributed by atoms with van der Waals surface area (Å²) in [5.41, 5.74) is 0. The van der Waals surface area contributed by atoms with Crippen molar-refractivity contribution in [1.29, 1.82) is 0 Å². The van der Waals surface area contributed by atoms with E-state index in [1.807, 2.05) is 0 Å². The second kappa shape index (κ2) is 58.9. The van der Waals surface area contributed by atoms with E-state index in [9.17, 15) is 25.2 Å². The topological polar surface area (TPSA) is 110 Å². The van der Waals surface area contributed by atoms with Crippen molar-refractivity contribution >= 4 is 5.91 Å². The molecule has 0 saturated heterocycles. The number of carbonyl (C=O) groups is 1. The molecule has 0 rings (SSSR count). The van der Waals surface area contributed by atoms with Crippen LogP contribution in [0.5, 0.6) is 0 Å². The molecule has 4 atom stereocenters. The Morgan fingerprint density at radius 3 is 0.829 bits per heavy atom. The number of rotatable bonds is 60. The summed E-state index contributed by atoms with van der Waals surface area (Å²) in [5.74, 6) is -0.578. The molecule has 418 valence electrons. The minimum Gasteiger partial charge on any atom is -0.394 e. The fraction of sp³-hybridized carbons (Fsp3) is 0.953. The van der Waals surface area contributed by atoms with Crippen LogP contribution in [0.15, 0.2) is 12.2 Å². The lowest BCUT2D eigenvalue weighted by Crippen LogP contribution is -2.53. The summed E-state index contributed by atoms with van der Waals surface area (Å²) >= 11 is 0. The van der Waals surface area contributed by atoms with E-state index in [1.165, 1.54) is 295 Å². The maximum Gasteiger partial charge on any atom is 0.249 e. The van der Waals surface area contributed by atoms with Crippen molar-refractivity contribution in [3.05, 3.63) is 12.2 Å². The highest BCUT2D eigenvalue weighted by Crippen LogP contribution is 2.19. The van der Waals surface area contributed by atoms with Crippen molar-refractivity contribution in [2.75, 3.05) is 6.61 Å². The van der Waals surface area contributed by atoms with Crippen molar-refractivity contribution in [3.63, 3.8) is 0 Å². The summed E-state index contributed by atoms with van der Waals surface area (Å²) in [6.45, 7) is 4.11. The van der Waals surface area contributed by atoms with Gasteiger partial charge in [-0.25, -0.2) is 0 Å². The van der Waals surface area contributed by atoms with Gasteiger partial charge < -0.3 is 25.7 Å². The molecule has 0 saturated carbocycles. The van der Waals surface area contributed by atoms with Crippen LogP contribution in [0.4, 0.5) is 0 Å². The number of carbonyl (C=O) groups excluding carboxylic acids is 1.